The van der Waals surface area contributed by atoms with E-state index in [4.69, 9.17) is 0 Å². The lowest BCUT2D eigenvalue weighted by Crippen LogP contribution is -2.13. The maximum atomic E-state index is 4.53. The molecular formula is C11H15BrN4. The number of hydrogen-bond acceptors (Lipinski definition) is 2. The van der Waals surface area contributed by atoms with Crippen molar-refractivity contribution in [2.24, 2.45) is 7.05 Å². The molecule has 0 unspecified atom stereocenters. The average molecular weight is 283 g/mol. The molecule has 0 fully saturated rings. The molecule has 0 aromatic carbocycles. The maximum Gasteiger partial charge on any atom is 0.132 e. The summed E-state index contributed by atoms with van der Waals surface area (Å²) in [5, 5.41) is 3.13. The molecule has 0 aliphatic heterocycles. The fraction of sp³-hybridized carbons (Fsp3) is 0.364. The minimum atomic E-state index is 0.903. The van der Waals surface area contributed by atoms with Gasteiger partial charge < -0.3 is 14.9 Å². The summed E-state index contributed by atoms with van der Waals surface area (Å²) in [6.07, 6.45) is 4.82. The Bertz CT molecular complexity index is 459. The summed E-state index contributed by atoms with van der Waals surface area (Å²) in [6.45, 7) is 0.934. The summed E-state index contributed by atoms with van der Waals surface area (Å²) < 4.78 is 3.03. The summed E-state index contributed by atoms with van der Waals surface area (Å²) in [5.74, 6) is 1.08. The third kappa shape index (κ3) is 2.05. The van der Waals surface area contributed by atoms with Crippen molar-refractivity contribution in [1.82, 2.24) is 19.9 Å². The van der Waals surface area contributed by atoms with Gasteiger partial charge in [-0.05, 0) is 29.0 Å². The molecule has 0 aliphatic rings. The van der Waals surface area contributed by atoms with Crippen molar-refractivity contribution in [3.05, 3.63) is 28.9 Å². The van der Waals surface area contributed by atoms with Crippen LogP contribution < -0.4 is 5.32 Å². The van der Waals surface area contributed by atoms with Crippen LogP contribution in [0.25, 0.3) is 11.3 Å². The van der Waals surface area contributed by atoms with E-state index in [1.807, 2.05) is 32.6 Å². The Labute approximate surface area is 103 Å². The molecule has 0 bridgehead atoms. The van der Waals surface area contributed by atoms with Gasteiger partial charge in [-0.3, -0.25) is 0 Å². The highest BCUT2D eigenvalue weighted by molar-refractivity contribution is 9.10. The SMILES string of the molecule is CNCCc1nc(Br)c(-c2cc[nH]c2)n1C. The molecule has 0 saturated heterocycles. The van der Waals surface area contributed by atoms with Crippen LogP contribution in [-0.4, -0.2) is 28.1 Å². The molecule has 0 spiro atoms. The maximum absolute atomic E-state index is 4.53. The van der Waals surface area contributed by atoms with E-state index in [0.29, 0.717) is 0 Å². The number of aromatic nitrogens is 3. The monoisotopic (exact) mass is 282 g/mol. The van der Waals surface area contributed by atoms with Gasteiger partial charge in [0.1, 0.15) is 10.4 Å². The van der Waals surface area contributed by atoms with Crippen molar-refractivity contribution in [3.63, 3.8) is 0 Å². The first-order chi connectivity index (χ1) is 7.74. The Morgan fingerprint density at radius 1 is 1.56 bits per heavy atom. The van der Waals surface area contributed by atoms with Gasteiger partial charge in [0.25, 0.3) is 0 Å². The molecule has 2 rings (SSSR count). The second-order valence-corrected chi connectivity index (χ2v) is 4.43. The van der Waals surface area contributed by atoms with Gasteiger partial charge in [-0.25, -0.2) is 4.98 Å². The van der Waals surface area contributed by atoms with E-state index in [2.05, 4.69) is 35.8 Å². The lowest BCUT2D eigenvalue weighted by atomic mass is 10.2. The molecule has 16 heavy (non-hydrogen) atoms. The Hall–Kier alpha value is -1.07. The molecule has 0 amide bonds. The highest BCUT2D eigenvalue weighted by Gasteiger charge is 2.14. The molecule has 2 N–H and O–H groups in total. The molecule has 5 heteroatoms. The lowest BCUT2D eigenvalue weighted by molar-refractivity contribution is 0.720. The standard InChI is InChI=1S/C11H15BrN4/c1-13-5-4-9-15-11(12)10(16(9)2)8-3-6-14-7-8/h3,6-7,13-14H,4-5H2,1-2H3. The Morgan fingerprint density at radius 3 is 3.00 bits per heavy atom. The van der Waals surface area contributed by atoms with Crippen molar-refractivity contribution in [3.8, 4) is 11.3 Å². The normalized spacial score (nSPS) is 10.9. The third-order valence-electron chi connectivity index (χ3n) is 2.62. The molecule has 2 aromatic rings. The Morgan fingerprint density at radius 2 is 2.38 bits per heavy atom. The minimum Gasteiger partial charge on any atom is -0.367 e. The summed E-state index contributed by atoms with van der Waals surface area (Å²) in [6, 6.07) is 2.05. The van der Waals surface area contributed by atoms with Crippen LogP contribution in [0.3, 0.4) is 0 Å². The van der Waals surface area contributed by atoms with Crippen LogP contribution in [-0.2, 0) is 13.5 Å². The van der Waals surface area contributed by atoms with Gasteiger partial charge in [0.2, 0.25) is 0 Å². The Balaban J connectivity index is 2.36. The number of nitrogens with zero attached hydrogens (tertiary/aromatic N) is 2. The third-order valence-corrected chi connectivity index (χ3v) is 3.17. The first kappa shape index (κ1) is 11.4. The summed E-state index contributed by atoms with van der Waals surface area (Å²) >= 11 is 3.52. The fourth-order valence-corrected chi connectivity index (χ4v) is 2.45. The van der Waals surface area contributed by atoms with E-state index >= 15 is 0 Å². The summed E-state index contributed by atoms with van der Waals surface area (Å²) in [4.78, 5) is 7.59. The highest BCUT2D eigenvalue weighted by Crippen LogP contribution is 2.28. The number of hydrogen-bond donors (Lipinski definition) is 2. The molecule has 2 aromatic heterocycles. The molecule has 0 radical (unpaired) electrons. The van der Waals surface area contributed by atoms with Crippen LogP contribution in [0.15, 0.2) is 23.1 Å². The largest absolute Gasteiger partial charge is 0.367 e. The van der Waals surface area contributed by atoms with Crippen molar-refractivity contribution in [1.29, 1.82) is 0 Å². The van der Waals surface area contributed by atoms with Crippen LogP contribution in [0, 0.1) is 0 Å². The molecule has 2 heterocycles. The van der Waals surface area contributed by atoms with Crippen LogP contribution in [0.1, 0.15) is 5.82 Å². The molecular weight excluding hydrogens is 268 g/mol. The zero-order valence-electron chi connectivity index (χ0n) is 9.42. The van der Waals surface area contributed by atoms with Crippen LogP contribution >= 0.6 is 15.9 Å². The smallest absolute Gasteiger partial charge is 0.132 e. The zero-order chi connectivity index (χ0) is 11.5. The van der Waals surface area contributed by atoms with Crippen molar-refractivity contribution in [2.45, 2.75) is 6.42 Å². The average Bonchev–Trinajstić information content (AvgIpc) is 2.85. The number of H-pyrrole nitrogens is 1. The number of halogens is 1. The number of aromatic amines is 1. The van der Waals surface area contributed by atoms with E-state index < -0.39 is 0 Å². The van der Waals surface area contributed by atoms with Gasteiger partial charge in [0, 0.05) is 38.0 Å². The van der Waals surface area contributed by atoms with E-state index in [1.165, 1.54) is 0 Å². The molecule has 4 nitrogen and oxygen atoms in total. The number of nitrogens with one attached hydrogen (secondary N) is 2. The number of likely N-dealkylation sites (N-methyl/N-ethyl adjacent to an activating group) is 1. The predicted molar refractivity (Wildman–Crippen MR) is 68.3 cm³/mol. The highest BCUT2D eigenvalue weighted by atomic mass is 79.9. The van der Waals surface area contributed by atoms with Gasteiger partial charge in [0.05, 0.1) is 5.69 Å². The van der Waals surface area contributed by atoms with Crippen molar-refractivity contribution < 1.29 is 0 Å². The van der Waals surface area contributed by atoms with Crippen molar-refractivity contribution in [2.75, 3.05) is 13.6 Å². The summed E-state index contributed by atoms with van der Waals surface area (Å²) in [5.41, 5.74) is 2.27. The van der Waals surface area contributed by atoms with E-state index in [-0.39, 0.29) is 0 Å². The van der Waals surface area contributed by atoms with Crippen molar-refractivity contribution >= 4 is 15.9 Å². The molecule has 0 atom stereocenters. The quantitative estimate of drug-likeness (QED) is 0.900. The van der Waals surface area contributed by atoms with Gasteiger partial charge >= 0.3 is 0 Å². The van der Waals surface area contributed by atoms with Crippen LogP contribution in [0.4, 0.5) is 0 Å². The van der Waals surface area contributed by atoms with Gasteiger partial charge in [-0.2, -0.15) is 0 Å². The first-order valence-electron chi connectivity index (χ1n) is 5.23. The first-order valence-corrected chi connectivity index (χ1v) is 6.02. The van der Waals surface area contributed by atoms with Crippen LogP contribution in [0.5, 0.6) is 0 Å². The van der Waals surface area contributed by atoms with Crippen LogP contribution in [0.2, 0.25) is 0 Å². The van der Waals surface area contributed by atoms with Gasteiger partial charge in [0.15, 0.2) is 0 Å². The van der Waals surface area contributed by atoms with E-state index in [9.17, 15) is 0 Å². The summed E-state index contributed by atoms with van der Waals surface area (Å²) in [7, 11) is 4.00. The minimum absolute atomic E-state index is 0.903. The predicted octanol–water partition coefficient (Wildman–Crippen LogP) is 1.94. The number of rotatable bonds is 4. The molecule has 0 aliphatic carbocycles. The van der Waals surface area contributed by atoms with E-state index in [0.717, 1.165) is 34.7 Å². The lowest BCUT2D eigenvalue weighted by Gasteiger charge is -2.04. The van der Waals surface area contributed by atoms with Gasteiger partial charge in [-0.1, -0.05) is 0 Å². The molecule has 0 saturated carbocycles. The van der Waals surface area contributed by atoms with E-state index in [1.54, 1.807) is 0 Å². The molecule has 86 valence electrons. The fourth-order valence-electron chi connectivity index (χ4n) is 1.75. The Kier molecular flexibility index (Phi) is 3.46. The van der Waals surface area contributed by atoms with Gasteiger partial charge in [-0.15, -0.1) is 0 Å². The number of imidazole rings is 1. The second-order valence-electron chi connectivity index (χ2n) is 3.68. The second kappa shape index (κ2) is 4.84. The topological polar surface area (TPSA) is 45.6 Å². The zero-order valence-corrected chi connectivity index (χ0v) is 11.0.